The van der Waals surface area contributed by atoms with E-state index in [4.69, 9.17) is 0 Å². The van der Waals surface area contributed by atoms with E-state index in [1.165, 1.54) is 51.6 Å². The van der Waals surface area contributed by atoms with Crippen LogP contribution in [0.25, 0.3) is 0 Å². The van der Waals surface area contributed by atoms with Crippen molar-refractivity contribution in [1.82, 2.24) is 5.32 Å². The molecule has 2 aliphatic carbocycles. The summed E-state index contributed by atoms with van der Waals surface area (Å²) in [4.78, 5) is 0. The van der Waals surface area contributed by atoms with Gasteiger partial charge in [0, 0.05) is 0 Å². The molecular weight excluding hydrogens is 194 g/mol. The quantitative estimate of drug-likeness (QED) is 0.698. The first kappa shape index (κ1) is 12.4. The van der Waals surface area contributed by atoms with Gasteiger partial charge in [0.15, 0.2) is 0 Å². The van der Waals surface area contributed by atoms with Gasteiger partial charge in [-0.25, -0.2) is 0 Å². The molecule has 0 aromatic carbocycles. The van der Waals surface area contributed by atoms with Gasteiger partial charge in [-0.3, -0.25) is 0 Å². The lowest BCUT2D eigenvalue weighted by Gasteiger charge is -2.41. The van der Waals surface area contributed by atoms with Crippen LogP contribution in [0.1, 0.15) is 59.3 Å². The minimum Gasteiger partial charge on any atom is -0.316 e. The topological polar surface area (TPSA) is 12.0 Å². The van der Waals surface area contributed by atoms with E-state index in [-0.39, 0.29) is 0 Å². The zero-order chi connectivity index (χ0) is 11.6. The molecule has 1 nitrogen and oxygen atoms in total. The first-order chi connectivity index (χ1) is 7.62. The van der Waals surface area contributed by atoms with Crippen LogP contribution in [0.15, 0.2) is 0 Å². The molecule has 2 unspecified atom stereocenters. The number of nitrogens with one attached hydrogen (secondary N) is 1. The molecule has 0 aromatic rings. The van der Waals surface area contributed by atoms with Crippen LogP contribution in [0, 0.1) is 23.2 Å². The van der Waals surface area contributed by atoms with Gasteiger partial charge in [-0.05, 0) is 74.8 Å². The Balaban J connectivity index is 1.85. The standard InChI is InChI=1S/C15H29N/c1-4-9-16-11-13-7-8-15(2,3)10-14(13)12-5-6-12/h12-14,16H,4-11H2,1-3H3. The summed E-state index contributed by atoms with van der Waals surface area (Å²) in [6.07, 6.45) is 8.69. The average molecular weight is 223 g/mol. The maximum absolute atomic E-state index is 3.64. The molecule has 94 valence electrons. The first-order valence-electron chi connectivity index (χ1n) is 7.33. The summed E-state index contributed by atoms with van der Waals surface area (Å²) in [5.74, 6) is 3.10. The predicted octanol–water partition coefficient (Wildman–Crippen LogP) is 3.84. The van der Waals surface area contributed by atoms with Crippen molar-refractivity contribution in [1.29, 1.82) is 0 Å². The van der Waals surface area contributed by atoms with Gasteiger partial charge in [0.05, 0.1) is 0 Å². The van der Waals surface area contributed by atoms with Gasteiger partial charge in [-0.2, -0.15) is 0 Å². The normalized spacial score (nSPS) is 33.9. The Morgan fingerprint density at radius 1 is 1.19 bits per heavy atom. The van der Waals surface area contributed by atoms with Crippen LogP contribution in [0.5, 0.6) is 0 Å². The molecule has 2 atom stereocenters. The van der Waals surface area contributed by atoms with Gasteiger partial charge in [0.25, 0.3) is 0 Å². The van der Waals surface area contributed by atoms with Gasteiger partial charge in [-0.1, -0.05) is 20.8 Å². The third-order valence-corrected chi connectivity index (χ3v) is 4.65. The van der Waals surface area contributed by atoms with E-state index in [9.17, 15) is 0 Å². The average Bonchev–Trinajstić information content (AvgIpc) is 3.03. The highest BCUT2D eigenvalue weighted by Crippen LogP contribution is 2.51. The number of rotatable bonds is 5. The van der Waals surface area contributed by atoms with Gasteiger partial charge < -0.3 is 5.32 Å². The molecule has 1 heteroatoms. The third kappa shape index (κ3) is 3.23. The van der Waals surface area contributed by atoms with E-state index in [2.05, 4.69) is 26.1 Å². The first-order valence-corrected chi connectivity index (χ1v) is 7.33. The van der Waals surface area contributed by atoms with Crippen LogP contribution in [0.2, 0.25) is 0 Å². The lowest BCUT2D eigenvalue weighted by atomic mass is 9.65. The van der Waals surface area contributed by atoms with Crippen molar-refractivity contribution in [2.45, 2.75) is 59.3 Å². The second kappa shape index (κ2) is 5.08. The maximum atomic E-state index is 3.64. The van der Waals surface area contributed by atoms with Crippen molar-refractivity contribution >= 4 is 0 Å². The highest BCUT2D eigenvalue weighted by atomic mass is 14.9. The predicted molar refractivity (Wildman–Crippen MR) is 70.5 cm³/mol. The fraction of sp³-hybridized carbons (Fsp3) is 1.00. The van der Waals surface area contributed by atoms with E-state index in [0.717, 1.165) is 17.8 Å². The van der Waals surface area contributed by atoms with Gasteiger partial charge in [-0.15, -0.1) is 0 Å². The van der Waals surface area contributed by atoms with Crippen molar-refractivity contribution < 1.29 is 0 Å². The summed E-state index contributed by atoms with van der Waals surface area (Å²) in [5, 5.41) is 3.64. The van der Waals surface area contributed by atoms with Gasteiger partial charge >= 0.3 is 0 Å². The molecule has 1 N–H and O–H groups in total. The second-order valence-electron chi connectivity index (χ2n) is 6.87. The molecule has 16 heavy (non-hydrogen) atoms. The summed E-state index contributed by atoms with van der Waals surface area (Å²) >= 11 is 0. The Bertz CT molecular complexity index is 217. The molecule has 2 rings (SSSR count). The molecule has 0 radical (unpaired) electrons. The molecule has 0 aromatic heterocycles. The molecular formula is C15H29N. The molecule has 2 saturated carbocycles. The zero-order valence-electron chi connectivity index (χ0n) is 11.4. The van der Waals surface area contributed by atoms with Gasteiger partial charge in [0.1, 0.15) is 0 Å². The van der Waals surface area contributed by atoms with E-state index in [1.807, 2.05) is 0 Å². The number of hydrogen-bond donors (Lipinski definition) is 1. The Morgan fingerprint density at radius 3 is 2.56 bits per heavy atom. The summed E-state index contributed by atoms with van der Waals surface area (Å²) in [5.41, 5.74) is 0.620. The highest BCUT2D eigenvalue weighted by Gasteiger charge is 2.42. The smallest absolute Gasteiger partial charge is 0.00178 e. The fourth-order valence-corrected chi connectivity index (χ4v) is 3.49. The van der Waals surface area contributed by atoms with E-state index in [1.54, 1.807) is 0 Å². The van der Waals surface area contributed by atoms with Crippen LogP contribution >= 0.6 is 0 Å². The van der Waals surface area contributed by atoms with Crippen molar-refractivity contribution in [3.63, 3.8) is 0 Å². The van der Waals surface area contributed by atoms with Crippen molar-refractivity contribution in [2.75, 3.05) is 13.1 Å². The largest absolute Gasteiger partial charge is 0.316 e. The lowest BCUT2D eigenvalue weighted by molar-refractivity contribution is 0.101. The molecule has 0 amide bonds. The molecule has 0 saturated heterocycles. The Hall–Kier alpha value is -0.0400. The summed E-state index contributed by atoms with van der Waals surface area (Å²) < 4.78 is 0. The Kier molecular flexibility index (Phi) is 3.94. The minimum atomic E-state index is 0.620. The molecule has 0 aliphatic heterocycles. The maximum Gasteiger partial charge on any atom is -0.00178 e. The monoisotopic (exact) mass is 223 g/mol. The molecule has 0 heterocycles. The fourth-order valence-electron chi connectivity index (χ4n) is 3.49. The van der Waals surface area contributed by atoms with Crippen LogP contribution in [-0.4, -0.2) is 13.1 Å². The summed E-state index contributed by atoms with van der Waals surface area (Å²) in [6.45, 7) is 9.69. The third-order valence-electron chi connectivity index (χ3n) is 4.65. The molecule has 2 aliphatic rings. The highest BCUT2D eigenvalue weighted by molar-refractivity contribution is 4.93. The van der Waals surface area contributed by atoms with E-state index in [0.29, 0.717) is 5.41 Å². The summed E-state index contributed by atoms with van der Waals surface area (Å²) in [6, 6.07) is 0. The van der Waals surface area contributed by atoms with Crippen LogP contribution in [0.4, 0.5) is 0 Å². The van der Waals surface area contributed by atoms with E-state index >= 15 is 0 Å². The van der Waals surface area contributed by atoms with Crippen molar-refractivity contribution in [3.8, 4) is 0 Å². The second-order valence-corrected chi connectivity index (χ2v) is 6.87. The lowest BCUT2D eigenvalue weighted by Crippen LogP contribution is -2.37. The number of hydrogen-bond acceptors (Lipinski definition) is 1. The van der Waals surface area contributed by atoms with Gasteiger partial charge in [0.2, 0.25) is 0 Å². The SMILES string of the molecule is CCCNCC1CCC(C)(C)CC1C1CC1. The Morgan fingerprint density at radius 2 is 1.94 bits per heavy atom. The van der Waals surface area contributed by atoms with Crippen molar-refractivity contribution in [2.24, 2.45) is 23.2 Å². The van der Waals surface area contributed by atoms with E-state index < -0.39 is 0 Å². The summed E-state index contributed by atoms with van der Waals surface area (Å²) in [7, 11) is 0. The van der Waals surface area contributed by atoms with Crippen molar-refractivity contribution in [3.05, 3.63) is 0 Å². The van der Waals surface area contributed by atoms with Crippen LogP contribution < -0.4 is 5.32 Å². The van der Waals surface area contributed by atoms with Crippen LogP contribution in [0.3, 0.4) is 0 Å². The zero-order valence-corrected chi connectivity index (χ0v) is 11.4. The molecule has 2 fully saturated rings. The molecule has 0 bridgehead atoms. The Labute approximate surface area is 101 Å². The van der Waals surface area contributed by atoms with Crippen LogP contribution in [-0.2, 0) is 0 Å². The minimum absolute atomic E-state index is 0.620. The molecule has 0 spiro atoms.